The zero-order valence-corrected chi connectivity index (χ0v) is 15.7. The molecule has 1 spiro atoms. The van der Waals surface area contributed by atoms with E-state index in [-0.39, 0.29) is 29.6 Å². The van der Waals surface area contributed by atoms with Gasteiger partial charge in [0, 0.05) is 6.54 Å². The summed E-state index contributed by atoms with van der Waals surface area (Å²) in [6.07, 6.45) is 2.72. The van der Waals surface area contributed by atoms with Crippen LogP contribution in [0.5, 0.6) is 0 Å². The number of halogens is 2. The Bertz CT molecular complexity index is 825. The smallest absolute Gasteiger partial charge is 0.325 e. The monoisotopic (exact) mass is 411 g/mol. The molecule has 1 aliphatic heterocycles. The van der Waals surface area contributed by atoms with Crippen molar-refractivity contribution in [3.8, 4) is 0 Å². The maximum absolute atomic E-state index is 13.0. The van der Waals surface area contributed by atoms with Gasteiger partial charge in [0.2, 0.25) is 0 Å². The first-order chi connectivity index (χ1) is 13.3. The minimum absolute atomic E-state index is 0.0130. The summed E-state index contributed by atoms with van der Waals surface area (Å²) in [7, 11) is 0. The van der Waals surface area contributed by atoms with Crippen LogP contribution in [0.1, 0.15) is 32.1 Å². The van der Waals surface area contributed by atoms with Crippen LogP contribution in [0.2, 0.25) is 5.02 Å². The standard InChI is InChI=1S/C18H19ClFN3O5/c19-12-9-11(20)3-4-13(12)21-14(24)10-28-15(25)5-8-23-16(26)18(22-17(23)27)6-1-2-7-18/h3-4,9H,1-2,5-8,10H2,(H,21,24)(H,22,27). The van der Waals surface area contributed by atoms with Crippen molar-refractivity contribution < 1.29 is 28.3 Å². The van der Waals surface area contributed by atoms with Crippen LogP contribution >= 0.6 is 11.6 Å². The Balaban J connectivity index is 1.44. The fourth-order valence-electron chi connectivity index (χ4n) is 3.40. The molecule has 1 aromatic rings. The van der Waals surface area contributed by atoms with Gasteiger partial charge in [-0.3, -0.25) is 19.3 Å². The Labute approximate surface area is 165 Å². The van der Waals surface area contributed by atoms with E-state index in [1.807, 2.05) is 0 Å². The Hall–Kier alpha value is -2.68. The molecule has 2 fully saturated rings. The number of amides is 4. The molecule has 0 unspecified atom stereocenters. The summed E-state index contributed by atoms with van der Waals surface area (Å²) in [5.41, 5.74) is -0.639. The number of imide groups is 1. The first-order valence-corrected chi connectivity index (χ1v) is 9.23. The van der Waals surface area contributed by atoms with Gasteiger partial charge in [-0.05, 0) is 31.0 Å². The van der Waals surface area contributed by atoms with Crippen molar-refractivity contribution in [3.05, 3.63) is 29.0 Å². The second-order valence-corrected chi connectivity index (χ2v) is 7.17. The maximum atomic E-state index is 13.0. The van der Waals surface area contributed by atoms with Gasteiger partial charge in [0.1, 0.15) is 11.4 Å². The third-order valence-electron chi connectivity index (χ3n) is 4.81. The van der Waals surface area contributed by atoms with Gasteiger partial charge < -0.3 is 15.4 Å². The molecule has 0 aromatic heterocycles. The second kappa shape index (κ2) is 8.14. The van der Waals surface area contributed by atoms with Gasteiger partial charge in [0.25, 0.3) is 11.8 Å². The van der Waals surface area contributed by atoms with Crippen LogP contribution in [0.15, 0.2) is 18.2 Å². The molecule has 1 aliphatic carbocycles. The summed E-state index contributed by atoms with van der Waals surface area (Å²) in [4.78, 5) is 49.2. The number of rotatable bonds is 6. The average molecular weight is 412 g/mol. The molecule has 28 heavy (non-hydrogen) atoms. The molecule has 2 N–H and O–H groups in total. The first-order valence-electron chi connectivity index (χ1n) is 8.85. The second-order valence-electron chi connectivity index (χ2n) is 6.76. The predicted octanol–water partition coefficient (Wildman–Crippen LogP) is 2.22. The van der Waals surface area contributed by atoms with Crippen LogP contribution in [0, 0.1) is 5.82 Å². The van der Waals surface area contributed by atoms with Crippen LogP contribution < -0.4 is 10.6 Å². The van der Waals surface area contributed by atoms with Gasteiger partial charge in [-0.1, -0.05) is 24.4 Å². The Morgan fingerprint density at radius 2 is 2.00 bits per heavy atom. The third kappa shape index (κ3) is 4.24. The molecule has 1 heterocycles. The third-order valence-corrected chi connectivity index (χ3v) is 5.12. The van der Waals surface area contributed by atoms with Crippen LogP contribution in [0.3, 0.4) is 0 Å². The summed E-state index contributed by atoms with van der Waals surface area (Å²) < 4.78 is 17.8. The summed E-state index contributed by atoms with van der Waals surface area (Å²) >= 11 is 5.80. The van der Waals surface area contributed by atoms with Crippen molar-refractivity contribution in [2.75, 3.05) is 18.5 Å². The normalized spacial score (nSPS) is 17.7. The van der Waals surface area contributed by atoms with Crippen molar-refractivity contribution in [1.82, 2.24) is 10.2 Å². The number of urea groups is 1. The van der Waals surface area contributed by atoms with Gasteiger partial charge in [-0.25, -0.2) is 9.18 Å². The molecular formula is C18H19ClFN3O5. The minimum Gasteiger partial charge on any atom is -0.456 e. The van der Waals surface area contributed by atoms with Crippen molar-refractivity contribution in [2.45, 2.75) is 37.6 Å². The van der Waals surface area contributed by atoms with Gasteiger partial charge in [0.05, 0.1) is 17.1 Å². The van der Waals surface area contributed by atoms with Crippen LogP contribution in [-0.2, 0) is 19.1 Å². The molecule has 0 radical (unpaired) electrons. The number of anilines is 1. The zero-order chi connectivity index (χ0) is 20.3. The number of hydrogen-bond acceptors (Lipinski definition) is 5. The molecule has 10 heteroatoms. The molecule has 3 rings (SSSR count). The molecule has 0 atom stereocenters. The van der Waals surface area contributed by atoms with Gasteiger partial charge in [-0.2, -0.15) is 0 Å². The fourth-order valence-corrected chi connectivity index (χ4v) is 3.61. The Morgan fingerprint density at radius 1 is 1.29 bits per heavy atom. The van der Waals surface area contributed by atoms with Crippen molar-refractivity contribution >= 4 is 41.1 Å². The molecule has 150 valence electrons. The highest BCUT2D eigenvalue weighted by Gasteiger charge is 2.52. The SMILES string of the molecule is O=C(COC(=O)CCN1C(=O)NC2(CCCC2)C1=O)Nc1ccc(F)cc1Cl. The highest BCUT2D eigenvalue weighted by molar-refractivity contribution is 6.33. The van der Waals surface area contributed by atoms with E-state index in [0.29, 0.717) is 12.8 Å². The number of hydrogen-bond donors (Lipinski definition) is 2. The van der Waals surface area contributed by atoms with E-state index in [0.717, 1.165) is 29.9 Å². The lowest BCUT2D eigenvalue weighted by Gasteiger charge is -2.19. The maximum Gasteiger partial charge on any atom is 0.325 e. The predicted molar refractivity (Wildman–Crippen MR) is 97.1 cm³/mol. The Morgan fingerprint density at radius 3 is 2.68 bits per heavy atom. The number of nitrogens with one attached hydrogen (secondary N) is 2. The van der Waals surface area contributed by atoms with Crippen molar-refractivity contribution in [3.63, 3.8) is 0 Å². The summed E-state index contributed by atoms with van der Waals surface area (Å²) in [5, 5.41) is 5.13. The van der Waals surface area contributed by atoms with E-state index in [2.05, 4.69) is 10.6 Å². The fraction of sp³-hybridized carbons (Fsp3) is 0.444. The van der Waals surface area contributed by atoms with E-state index in [9.17, 15) is 23.6 Å². The topological polar surface area (TPSA) is 105 Å². The van der Waals surface area contributed by atoms with Gasteiger partial charge >= 0.3 is 12.0 Å². The number of benzene rings is 1. The highest BCUT2D eigenvalue weighted by atomic mass is 35.5. The molecule has 1 saturated heterocycles. The lowest BCUT2D eigenvalue weighted by molar-refractivity contribution is -0.147. The van der Waals surface area contributed by atoms with Crippen LogP contribution in [-0.4, -0.2) is 47.4 Å². The lowest BCUT2D eigenvalue weighted by atomic mass is 9.98. The largest absolute Gasteiger partial charge is 0.456 e. The average Bonchev–Trinajstić information content (AvgIpc) is 3.20. The number of nitrogens with zero attached hydrogens (tertiary/aromatic N) is 1. The minimum atomic E-state index is -0.824. The molecule has 0 bridgehead atoms. The highest BCUT2D eigenvalue weighted by Crippen LogP contribution is 2.35. The number of carbonyl (C=O) groups excluding carboxylic acids is 4. The molecule has 2 aliphatic rings. The van der Waals surface area contributed by atoms with Crippen molar-refractivity contribution in [1.29, 1.82) is 0 Å². The molecule has 8 nitrogen and oxygen atoms in total. The van der Waals surface area contributed by atoms with Crippen LogP contribution in [0.4, 0.5) is 14.9 Å². The van der Waals surface area contributed by atoms with E-state index >= 15 is 0 Å². The number of ether oxygens (including phenoxy) is 1. The van der Waals surface area contributed by atoms with Crippen LogP contribution in [0.25, 0.3) is 0 Å². The summed E-state index contributed by atoms with van der Waals surface area (Å²) in [5.74, 6) is -2.24. The van der Waals surface area contributed by atoms with E-state index < -0.39 is 35.9 Å². The van der Waals surface area contributed by atoms with Crippen molar-refractivity contribution in [2.24, 2.45) is 0 Å². The molecule has 4 amide bonds. The van der Waals surface area contributed by atoms with E-state index in [1.54, 1.807) is 0 Å². The molecular weight excluding hydrogens is 393 g/mol. The quantitative estimate of drug-likeness (QED) is 0.551. The van der Waals surface area contributed by atoms with E-state index in [4.69, 9.17) is 16.3 Å². The van der Waals surface area contributed by atoms with E-state index in [1.165, 1.54) is 6.07 Å². The number of esters is 1. The summed E-state index contributed by atoms with van der Waals surface area (Å²) in [6, 6.07) is 2.94. The molecule has 1 saturated carbocycles. The lowest BCUT2D eigenvalue weighted by Crippen LogP contribution is -2.44. The first kappa shape index (κ1) is 20.1. The number of carbonyl (C=O) groups is 4. The summed E-state index contributed by atoms with van der Waals surface area (Å²) in [6.45, 7) is -0.687. The van der Waals surface area contributed by atoms with Gasteiger partial charge in [0.15, 0.2) is 6.61 Å². The Kier molecular flexibility index (Phi) is 5.83. The zero-order valence-electron chi connectivity index (χ0n) is 14.9. The molecule has 1 aromatic carbocycles. The van der Waals surface area contributed by atoms with Gasteiger partial charge in [-0.15, -0.1) is 0 Å².